The van der Waals surface area contributed by atoms with Crippen molar-refractivity contribution in [2.24, 2.45) is 17.8 Å². The summed E-state index contributed by atoms with van der Waals surface area (Å²) in [6.07, 6.45) is 8.20. The van der Waals surface area contributed by atoms with Crippen molar-refractivity contribution in [1.82, 2.24) is 0 Å². The summed E-state index contributed by atoms with van der Waals surface area (Å²) in [6, 6.07) is 0. The Balaban J connectivity index is 2.59. The first-order valence-electron chi connectivity index (χ1n) is 7.24. The van der Waals surface area contributed by atoms with E-state index in [9.17, 15) is 5.11 Å². The average Bonchev–Trinajstić information content (AvgIpc) is 2.17. The third-order valence-corrected chi connectivity index (χ3v) is 4.41. The molecule has 16 heavy (non-hydrogen) atoms. The van der Waals surface area contributed by atoms with E-state index in [1.165, 1.54) is 19.3 Å². The molecule has 1 aliphatic rings. The van der Waals surface area contributed by atoms with E-state index < -0.39 is 0 Å². The summed E-state index contributed by atoms with van der Waals surface area (Å²) in [7, 11) is 0. The molecule has 1 N–H and O–H groups in total. The maximum atomic E-state index is 10.8. The topological polar surface area (TPSA) is 20.2 Å². The number of aliphatic hydroxyl groups is 1. The maximum Gasteiger partial charge on any atom is 0.0678 e. The summed E-state index contributed by atoms with van der Waals surface area (Å²) in [4.78, 5) is 0. The molecule has 1 nitrogen and oxygen atoms in total. The second kappa shape index (κ2) is 6.05. The van der Waals surface area contributed by atoms with E-state index in [1.54, 1.807) is 0 Å². The first-order chi connectivity index (χ1) is 7.51. The van der Waals surface area contributed by atoms with Gasteiger partial charge in [0.15, 0.2) is 0 Å². The Kier molecular flexibility index (Phi) is 5.30. The molecule has 0 saturated heterocycles. The van der Waals surface area contributed by atoms with Gasteiger partial charge in [0.25, 0.3) is 0 Å². The molecule has 0 spiro atoms. The van der Waals surface area contributed by atoms with Gasteiger partial charge in [0.2, 0.25) is 0 Å². The van der Waals surface area contributed by atoms with Crippen molar-refractivity contribution in [3.63, 3.8) is 0 Å². The summed E-state index contributed by atoms with van der Waals surface area (Å²) >= 11 is 0. The van der Waals surface area contributed by atoms with Gasteiger partial charge in [-0.05, 0) is 37.0 Å². The Hall–Kier alpha value is -0.0400. The molecule has 0 radical (unpaired) electrons. The highest BCUT2D eigenvalue weighted by Gasteiger charge is 2.39. The molecule has 1 aliphatic carbocycles. The fraction of sp³-hybridized carbons (Fsp3) is 1.00. The molecular weight excluding hydrogens is 196 g/mol. The summed E-state index contributed by atoms with van der Waals surface area (Å²) in [5, 5.41) is 10.8. The van der Waals surface area contributed by atoms with E-state index >= 15 is 0 Å². The highest BCUT2D eigenvalue weighted by Crippen LogP contribution is 2.42. The van der Waals surface area contributed by atoms with E-state index in [4.69, 9.17) is 0 Å². The molecule has 0 amide bonds. The van der Waals surface area contributed by atoms with Crippen molar-refractivity contribution in [2.75, 3.05) is 0 Å². The second-order valence-electron chi connectivity index (χ2n) is 6.21. The van der Waals surface area contributed by atoms with Gasteiger partial charge in [-0.25, -0.2) is 0 Å². The van der Waals surface area contributed by atoms with Crippen molar-refractivity contribution in [3.8, 4) is 0 Å². The zero-order valence-electron chi connectivity index (χ0n) is 11.6. The second-order valence-corrected chi connectivity index (χ2v) is 6.21. The Morgan fingerprint density at radius 1 is 1.25 bits per heavy atom. The van der Waals surface area contributed by atoms with Gasteiger partial charge in [-0.3, -0.25) is 0 Å². The molecule has 1 fully saturated rings. The summed E-state index contributed by atoms with van der Waals surface area (Å²) in [5.74, 6) is 2.05. The lowest BCUT2D eigenvalue weighted by atomic mass is 9.68. The van der Waals surface area contributed by atoms with Gasteiger partial charge in [0.05, 0.1) is 5.60 Å². The number of rotatable bonds is 5. The minimum atomic E-state index is -0.346. The van der Waals surface area contributed by atoms with Crippen LogP contribution in [0.5, 0.6) is 0 Å². The van der Waals surface area contributed by atoms with Crippen LogP contribution in [0, 0.1) is 17.8 Å². The van der Waals surface area contributed by atoms with Gasteiger partial charge < -0.3 is 5.11 Å². The van der Waals surface area contributed by atoms with Gasteiger partial charge >= 0.3 is 0 Å². The third-order valence-electron chi connectivity index (χ3n) is 4.41. The van der Waals surface area contributed by atoms with E-state index in [0.29, 0.717) is 5.92 Å². The molecule has 1 saturated carbocycles. The minimum Gasteiger partial charge on any atom is -0.390 e. The van der Waals surface area contributed by atoms with Crippen LogP contribution in [0.1, 0.15) is 72.6 Å². The molecular formula is C15H30O. The Labute approximate surface area is 102 Å². The van der Waals surface area contributed by atoms with Crippen LogP contribution in [0.25, 0.3) is 0 Å². The molecule has 2 atom stereocenters. The molecule has 96 valence electrons. The van der Waals surface area contributed by atoms with Crippen molar-refractivity contribution in [2.45, 2.75) is 78.2 Å². The number of hydrogen-bond donors (Lipinski definition) is 1. The van der Waals surface area contributed by atoms with Crippen molar-refractivity contribution in [3.05, 3.63) is 0 Å². The molecule has 2 unspecified atom stereocenters. The zero-order chi connectivity index (χ0) is 12.2. The predicted octanol–water partition coefficient (Wildman–Crippen LogP) is 4.39. The van der Waals surface area contributed by atoms with Crippen LogP contribution in [0.2, 0.25) is 0 Å². The zero-order valence-corrected chi connectivity index (χ0v) is 11.6. The lowest BCUT2D eigenvalue weighted by molar-refractivity contribution is -0.0699. The Morgan fingerprint density at radius 3 is 2.38 bits per heavy atom. The quantitative estimate of drug-likeness (QED) is 0.737. The van der Waals surface area contributed by atoms with Gasteiger partial charge in [-0.1, -0.05) is 53.4 Å². The van der Waals surface area contributed by atoms with Gasteiger partial charge in [0, 0.05) is 0 Å². The van der Waals surface area contributed by atoms with Gasteiger partial charge in [-0.2, -0.15) is 0 Å². The van der Waals surface area contributed by atoms with E-state index in [0.717, 1.165) is 37.5 Å². The first kappa shape index (κ1) is 14.0. The van der Waals surface area contributed by atoms with Crippen LogP contribution in [0.3, 0.4) is 0 Å². The molecule has 1 rings (SSSR count). The maximum absolute atomic E-state index is 10.8. The molecule has 0 aliphatic heterocycles. The summed E-state index contributed by atoms with van der Waals surface area (Å²) in [6.45, 7) is 9.03. The van der Waals surface area contributed by atoms with Gasteiger partial charge in [-0.15, -0.1) is 0 Å². The van der Waals surface area contributed by atoms with E-state index in [-0.39, 0.29) is 5.60 Å². The highest BCUT2D eigenvalue weighted by molar-refractivity contribution is 4.91. The summed E-state index contributed by atoms with van der Waals surface area (Å²) in [5.41, 5.74) is -0.346. The molecule has 0 heterocycles. The van der Waals surface area contributed by atoms with Crippen LogP contribution < -0.4 is 0 Å². The van der Waals surface area contributed by atoms with E-state index in [1.807, 2.05) is 0 Å². The minimum absolute atomic E-state index is 0.346. The average molecular weight is 226 g/mol. The first-order valence-corrected chi connectivity index (χ1v) is 7.24. The Bertz CT molecular complexity index is 196. The fourth-order valence-electron chi connectivity index (χ4n) is 3.69. The van der Waals surface area contributed by atoms with Crippen molar-refractivity contribution in [1.29, 1.82) is 0 Å². The van der Waals surface area contributed by atoms with Crippen LogP contribution in [-0.4, -0.2) is 10.7 Å². The van der Waals surface area contributed by atoms with Crippen molar-refractivity contribution < 1.29 is 5.11 Å². The van der Waals surface area contributed by atoms with Crippen LogP contribution in [0.4, 0.5) is 0 Å². The molecule has 0 aromatic carbocycles. The monoisotopic (exact) mass is 226 g/mol. The predicted molar refractivity (Wildman–Crippen MR) is 70.4 cm³/mol. The summed E-state index contributed by atoms with van der Waals surface area (Å²) < 4.78 is 0. The van der Waals surface area contributed by atoms with Gasteiger partial charge in [0.1, 0.15) is 0 Å². The lowest BCUT2D eigenvalue weighted by Crippen LogP contribution is -2.42. The fourth-order valence-corrected chi connectivity index (χ4v) is 3.69. The molecule has 0 aromatic rings. The van der Waals surface area contributed by atoms with Crippen LogP contribution >= 0.6 is 0 Å². The van der Waals surface area contributed by atoms with E-state index in [2.05, 4.69) is 27.7 Å². The van der Waals surface area contributed by atoms with Crippen LogP contribution in [0.15, 0.2) is 0 Å². The third kappa shape index (κ3) is 3.48. The Morgan fingerprint density at radius 2 is 1.88 bits per heavy atom. The lowest BCUT2D eigenvalue weighted by Gasteiger charge is -2.42. The molecule has 1 heteroatoms. The standard InChI is InChI=1S/C15H30O/c1-5-14(6-2)15(16)9-7-8-13(11-15)10-12(3)4/h12-14,16H,5-11H2,1-4H3. The van der Waals surface area contributed by atoms with Crippen LogP contribution in [-0.2, 0) is 0 Å². The molecule has 0 aromatic heterocycles. The number of hydrogen-bond acceptors (Lipinski definition) is 1. The normalized spacial score (nSPS) is 31.3. The largest absolute Gasteiger partial charge is 0.390 e. The SMILES string of the molecule is CCC(CC)C1(O)CCCC(CC(C)C)C1. The molecule has 0 bridgehead atoms. The highest BCUT2D eigenvalue weighted by atomic mass is 16.3. The van der Waals surface area contributed by atoms with Crippen molar-refractivity contribution >= 4 is 0 Å². The smallest absolute Gasteiger partial charge is 0.0678 e.